The first kappa shape index (κ1) is 15.8. The molecule has 7 heteroatoms. The van der Waals surface area contributed by atoms with Crippen molar-refractivity contribution in [3.05, 3.63) is 22.0 Å². The summed E-state index contributed by atoms with van der Waals surface area (Å²) in [4.78, 5) is 4.29. The maximum Gasteiger partial charge on any atom is 0.240 e. The molecule has 0 aliphatic heterocycles. The summed E-state index contributed by atoms with van der Waals surface area (Å²) in [6, 6.07) is 1.85. The molecule has 0 saturated heterocycles. The van der Waals surface area contributed by atoms with Gasteiger partial charge in [-0.15, -0.1) is 0 Å². The number of ether oxygens (including phenoxy) is 2. The lowest BCUT2D eigenvalue weighted by Crippen LogP contribution is -2.01. The maximum atomic E-state index is 5.52. The zero-order valence-corrected chi connectivity index (χ0v) is 14.0. The van der Waals surface area contributed by atoms with Crippen LogP contribution in [0.4, 0.5) is 0 Å². The van der Waals surface area contributed by atoms with Gasteiger partial charge >= 0.3 is 0 Å². The molecule has 2 N–H and O–H groups in total. The zero-order chi connectivity index (χ0) is 15.6. The predicted octanol–water partition coefficient (Wildman–Crippen LogP) is 3.10. The summed E-state index contributed by atoms with van der Waals surface area (Å²) in [5.74, 6) is 2.36. The van der Waals surface area contributed by atoms with E-state index in [1.807, 2.05) is 6.07 Å². The van der Waals surface area contributed by atoms with Crippen molar-refractivity contribution in [2.24, 2.45) is 5.73 Å². The number of methoxy groups -OCH3 is 2. The number of hydrogen-bond donors (Lipinski definition) is 1. The molecule has 0 bridgehead atoms. The lowest BCUT2D eigenvalue weighted by Gasteiger charge is -2.18. The van der Waals surface area contributed by atoms with Gasteiger partial charge in [0.1, 0.15) is 0 Å². The zero-order valence-electron chi connectivity index (χ0n) is 12.4. The van der Waals surface area contributed by atoms with Crippen LogP contribution in [0.3, 0.4) is 0 Å². The molecule has 0 fully saturated rings. The molecule has 114 valence electrons. The standard InChI is InChI=1S/C14H18BrN3O3/c1-7(2)11-8(14-17-10(6-16)21-18-14)5-9(19-3)13(20-4)12(11)15/h5,7H,6,16H2,1-4H3. The summed E-state index contributed by atoms with van der Waals surface area (Å²) in [6.45, 7) is 4.37. The third-order valence-electron chi connectivity index (χ3n) is 3.11. The van der Waals surface area contributed by atoms with E-state index in [2.05, 4.69) is 39.9 Å². The van der Waals surface area contributed by atoms with Gasteiger partial charge in [-0.05, 0) is 33.5 Å². The highest BCUT2D eigenvalue weighted by Crippen LogP contribution is 2.45. The summed E-state index contributed by atoms with van der Waals surface area (Å²) >= 11 is 3.59. The third kappa shape index (κ3) is 2.89. The Bertz CT molecular complexity index is 641. The van der Waals surface area contributed by atoms with Gasteiger partial charge in [-0.25, -0.2) is 0 Å². The maximum absolute atomic E-state index is 5.52. The van der Waals surface area contributed by atoms with E-state index in [0.29, 0.717) is 23.2 Å². The van der Waals surface area contributed by atoms with Gasteiger partial charge in [-0.1, -0.05) is 19.0 Å². The van der Waals surface area contributed by atoms with Crippen LogP contribution in [-0.2, 0) is 6.54 Å². The van der Waals surface area contributed by atoms with Gasteiger partial charge in [0, 0.05) is 5.56 Å². The highest BCUT2D eigenvalue weighted by Gasteiger charge is 2.23. The lowest BCUT2D eigenvalue weighted by atomic mass is 9.96. The van der Waals surface area contributed by atoms with E-state index in [1.54, 1.807) is 14.2 Å². The van der Waals surface area contributed by atoms with Crippen molar-refractivity contribution in [2.75, 3.05) is 14.2 Å². The van der Waals surface area contributed by atoms with Gasteiger partial charge in [-0.2, -0.15) is 4.98 Å². The number of hydrogen-bond acceptors (Lipinski definition) is 6. The molecule has 0 aliphatic carbocycles. The van der Waals surface area contributed by atoms with E-state index in [4.69, 9.17) is 19.7 Å². The minimum absolute atomic E-state index is 0.207. The smallest absolute Gasteiger partial charge is 0.240 e. The van der Waals surface area contributed by atoms with Crippen molar-refractivity contribution >= 4 is 15.9 Å². The second-order valence-corrected chi connectivity index (χ2v) is 5.55. The number of nitrogens with two attached hydrogens (primary N) is 1. The fourth-order valence-electron chi connectivity index (χ4n) is 2.16. The van der Waals surface area contributed by atoms with Gasteiger partial charge in [0.2, 0.25) is 11.7 Å². The minimum atomic E-state index is 0.207. The van der Waals surface area contributed by atoms with Crippen molar-refractivity contribution in [3.8, 4) is 22.9 Å². The molecule has 0 atom stereocenters. The quantitative estimate of drug-likeness (QED) is 0.886. The first-order valence-electron chi connectivity index (χ1n) is 6.50. The fourth-order valence-corrected chi connectivity index (χ4v) is 3.19. The van der Waals surface area contributed by atoms with Gasteiger partial charge in [-0.3, -0.25) is 0 Å². The molecule has 0 radical (unpaired) electrons. The number of halogens is 1. The van der Waals surface area contributed by atoms with Crippen LogP contribution >= 0.6 is 15.9 Å². The Morgan fingerprint density at radius 2 is 2.05 bits per heavy atom. The first-order chi connectivity index (χ1) is 10.0. The Morgan fingerprint density at radius 3 is 2.52 bits per heavy atom. The highest BCUT2D eigenvalue weighted by atomic mass is 79.9. The first-order valence-corrected chi connectivity index (χ1v) is 7.30. The molecule has 1 aromatic carbocycles. The lowest BCUT2D eigenvalue weighted by molar-refractivity contribution is 0.352. The van der Waals surface area contributed by atoms with Crippen LogP contribution in [0.2, 0.25) is 0 Å². The summed E-state index contributed by atoms with van der Waals surface area (Å²) in [5, 5.41) is 3.99. The Labute approximate surface area is 131 Å². The number of nitrogens with zero attached hydrogens (tertiary/aromatic N) is 2. The van der Waals surface area contributed by atoms with Gasteiger partial charge in [0.05, 0.1) is 25.2 Å². The average molecular weight is 356 g/mol. The topological polar surface area (TPSA) is 83.4 Å². The number of benzene rings is 1. The van der Waals surface area contributed by atoms with Crippen molar-refractivity contribution in [1.82, 2.24) is 10.1 Å². The van der Waals surface area contributed by atoms with Gasteiger partial charge < -0.3 is 19.7 Å². The third-order valence-corrected chi connectivity index (χ3v) is 3.90. The van der Waals surface area contributed by atoms with Gasteiger partial charge in [0.15, 0.2) is 11.5 Å². The van der Waals surface area contributed by atoms with Gasteiger partial charge in [0.25, 0.3) is 0 Å². The minimum Gasteiger partial charge on any atom is -0.493 e. The van der Waals surface area contributed by atoms with Crippen LogP contribution < -0.4 is 15.2 Å². The molecular formula is C14H18BrN3O3. The van der Waals surface area contributed by atoms with Crippen LogP contribution in [0.15, 0.2) is 15.1 Å². The molecule has 0 unspecified atom stereocenters. The SMILES string of the molecule is COc1cc(-c2noc(CN)n2)c(C(C)C)c(Br)c1OC. The van der Waals surface area contributed by atoms with Crippen molar-refractivity contribution in [1.29, 1.82) is 0 Å². The molecule has 0 saturated carbocycles. The van der Waals surface area contributed by atoms with Crippen LogP contribution in [0.1, 0.15) is 31.2 Å². The van der Waals surface area contributed by atoms with Crippen molar-refractivity contribution < 1.29 is 14.0 Å². The molecule has 21 heavy (non-hydrogen) atoms. The van der Waals surface area contributed by atoms with Crippen molar-refractivity contribution in [2.45, 2.75) is 26.3 Å². The van der Waals surface area contributed by atoms with Crippen molar-refractivity contribution in [3.63, 3.8) is 0 Å². The van der Waals surface area contributed by atoms with E-state index < -0.39 is 0 Å². The Kier molecular flexibility index (Phi) is 4.84. The second kappa shape index (κ2) is 6.44. The highest BCUT2D eigenvalue weighted by molar-refractivity contribution is 9.10. The van der Waals surface area contributed by atoms with E-state index in [9.17, 15) is 0 Å². The monoisotopic (exact) mass is 355 g/mol. The number of rotatable bonds is 5. The molecule has 1 heterocycles. The largest absolute Gasteiger partial charge is 0.493 e. The molecule has 1 aromatic heterocycles. The molecule has 0 aliphatic rings. The molecule has 6 nitrogen and oxygen atoms in total. The Balaban J connectivity index is 2.71. The molecular weight excluding hydrogens is 338 g/mol. The molecule has 0 spiro atoms. The van der Waals surface area contributed by atoms with Crippen LogP contribution in [0.5, 0.6) is 11.5 Å². The van der Waals surface area contributed by atoms with E-state index in [0.717, 1.165) is 15.6 Å². The van der Waals surface area contributed by atoms with E-state index in [1.165, 1.54) is 0 Å². The van der Waals surface area contributed by atoms with E-state index >= 15 is 0 Å². The summed E-state index contributed by atoms with van der Waals surface area (Å²) in [5.41, 5.74) is 7.38. The van der Waals surface area contributed by atoms with Crippen LogP contribution in [0, 0.1) is 0 Å². The predicted molar refractivity (Wildman–Crippen MR) is 82.5 cm³/mol. The molecule has 0 amide bonds. The number of aromatic nitrogens is 2. The summed E-state index contributed by atoms with van der Waals surface area (Å²) < 4.78 is 16.7. The van der Waals surface area contributed by atoms with Crippen LogP contribution in [-0.4, -0.2) is 24.4 Å². The second-order valence-electron chi connectivity index (χ2n) is 4.76. The Hall–Kier alpha value is -1.60. The summed E-state index contributed by atoms with van der Waals surface area (Å²) in [7, 11) is 3.19. The normalized spacial score (nSPS) is 11.0. The summed E-state index contributed by atoms with van der Waals surface area (Å²) in [6.07, 6.45) is 0. The van der Waals surface area contributed by atoms with E-state index in [-0.39, 0.29) is 12.5 Å². The molecule has 2 aromatic rings. The Morgan fingerprint density at radius 1 is 1.33 bits per heavy atom. The average Bonchev–Trinajstić information content (AvgIpc) is 2.94. The molecule has 2 rings (SSSR count). The van der Waals surface area contributed by atoms with Crippen LogP contribution in [0.25, 0.3) is 11.4 Å². The fraction of sp³-hybridized carbons (Fsp3) is 0.429.